The topological polar surface area (TPSA) is 55.6 Å². The highest BCUT2D eigenvalue weighted by Gasteiger charge is 2.25. The van der Waals surface area contributed by atoms with Gasteiger partial charge >= 0.3 is 0 Å². The van der Waals surface area contributed by atoms with Crippen LogP contribution in [0, 0.1) is 0 Å². The molecule has 0 bridgehead atoms. The number of aryl methyl sites for hydroxylation is 2. The molecule has 1 N–H and O–H groups in total. The van der Waals surface area contributed by atoms with Crippen molar-refractivity contribution in [3.8, 4) is 0 Å². The fourth-order valence-corrected chi connectivity index (χ4v) is 3.45. The van der Waals surface area contributed by atoms with Gasteiger partial charge in [0.25, 0.3) is 0 Å². The Morgan fingerprint density at radius 1 is 1.42 bits per heavy atom. The number of nitrogens with zero attached hydrogens (tertiary/aromatic N) is 4. The minimum Gasteiger partial charge on any atom is -0.304 e. The Kier molecular flexibility index (Phi) is 5.06. The lowest BCUT2D eigenvalue weighted by molar-refractivity contribution is 0.542. The molecule has 0 aliphatic rings. The van der Waals surface area contributed by atoms with Gasteiger partial charge in [0, 0.05) is 6.54 Å². The summed E-state index contributed by atoms with van der Waals surface area (Å²) in [6.45, 7) is 8.03. The van der Waals surface area contributed by atoms with Gasteiger partial charge in [-0.1, -0.05) is 18.3 Å². The molecule has 0 aliphatic heterocycles. The number of hydrogen-bond acceptors (Lipinski definition) is 5. The minimum atomic E-state index is 0.0942. The van der Waals surface area contributed by atoms with Crippen LogP contribution in [0.15, 0.2) is 10.7 Å². The summed E-state index contributed by atoms with van der Waals surface area (Å²) in [5, 5.41) is 12.1. The van der Waals surface area contributed by atoms with Gasteiger partial charge in [0.1, 0.15) is 0 Å². The molecular weight excluding hydrogens is 326 g/mol. The van der Waals surface area contributed by atoms with E-state index in [1.807, 2.05) is 10.9 Å². The van der Waals surface area contributed by atoms with Crippen molar-refractivity contribution in [2.45, 2.75) is 39.8 Å². The average Bonchev–Trinajstić information content (AvgIpc) is 3.02. The van der Waals surface area contributed by atoms with Gasteiger partial charge in [-0.05, 0) is 47.4 Å². The predicted octanol–water partition coefficient (Wildman–Crippen LogP) is 2.78. The van der Waals surface area contributed by atoms with E-state index in [4.69, 9.17) is 0 Å². The van der Waals surface area contributed by atoms with Crippen LogP contribution in [0.25, 0.3) is 0 Å². The quantitative estimate of drug-likeness (QED) is 0.876. The lowest BCUT2D eigenvalue weighted by Gasteiger charge is -2.19. The molecule has 2 rings (SSSR count). The van der Waals surface area contributed by atoms with Crippen molar-refractivity contribution < 1.29 is 0 Å². The van der Waals surface area contributed by atoms with Gasteiger partial charge in [0.2, 0.25) is 0 Å². The molecule has 5 nitrogen and oxygen atoms in total. The summed E-state index contributed by atoms with van der Waals surface area (Å²) in [6, 6.07) is 0.0942. The van der Waals surface area contributed by atoms with Crippen molar-refractivity contribution in [2.75, 3.05) is 6.54 Å². The third-order valence-corrected chi connectivity index (χ3v) is 4.44. The SMILES string of the molecule is CCNC(c1snnc1CC)c1c(Br)cnn1CC. The fraction of sp³-hybridized carbons (Fsp3) is 0.583. The fourth-order valence-electron chi connectivity index (χ4n) is 2.11. The Morgan fingerprint density at radius 2 is 2.21 bits per heavy atom. The summed E-state index contributed by atoms with van der Waals surface area (Å²) in [5.74, 6) is 0. The largest absolute Gasteiger partial charge is 0.304 e. The van der Waals surface area contributed by atoms with Crippen LogP contribution in [0.5, 0.6) is 0 Å². The first-order valence-electron chi connectivity index (χ1n) is 6.48. The maximum Gasteiger partial charge on any atom is 0.0888 e. The van der Waals surface area contributed by atoms with Crippen LogP contribution < -0.4 is 5.32 Å². The standard InChI is InChI=1S/C12H18BrN5S/c1-4-9-12(19-17-16-9)10(14-5-2)11-8(13)7-15-18(11)6-3/h7,10,14H,4-6H2,1-3H3. The first-order chi connectivity index (χ1) is 9.22. The van der Waals surface area contributed by atoms with E-state index in [-0.39, 0.29) is 6.04 Å². The molecule has 2 aromatic rings. The van der Waals surface area contributed by atoms with Crippen LogP contribution in [0.3, 0.4) is 0 Å². The molecule has 104 valence electrons. The molecule has 0 spiro atoms. The van der Waals surface area contributed by atoms with Crippen molar-refractivity contribution in [1.82, 2.24) is 24.7 Å². The molecule has 0 fully saturated rings. The van der Waals surface area contributed by atoms with Gasteiger partial charge in [0.05, 0.1) is 33.0 Å². The Morgan fingerprint density at radius 3 is 2.84 bits per heavy atom. The maximum atomic E-state index is 4.40. The summed E-state index contributed by atoms with van der Waals surface area (Å²) in [7, 11) is 0. The molecule has 7 heteroatoms. The average molecular weight is 344 g/mol. The second-order valence-corrected chi connectivity index (χ2v) is 5.76. The molecule has 0 radical (unpaired) electrons. The molecule has 19 heavy (non-hydrogen) atoms. The summed E-state index contributed by atoms with van der Waals surface area (Å²) < 4.78 is 7.13. The third kappa shape index (κ3) is 2.88. The zero-order chi connectivity index (χ0) is 13.8. The number of hydrogen-bond donors (Lipinski definition) is 1. The van der Waals surface area contributed by atoms with Gasteiger partial charge < -0.3 is 5.32 Å². The summed E-state index contributed by atoms with van der Waals surface area (Å²) in [5.41, 5.74) is 2.21. The summed E-state index contributed by atoms with van der Waals surface area (Å²) in [4.78, 5) is 1.18. The molecule has 1 atom stereocenters. The first-order valence-corrected chi connectivity index (χ1v) is 8.05. The van der Waals surface area contributed by atoms with Crippen LogP contribution in [0.4, 0.5) is 0 Å². The monoisotopic (exact) mass is 343 g/mol. The molecular formula is C12H18BrN5S. The Labute approximate surface area is 125 Å². The number of nitrogens with one attached hydrogen (secondary N) is 1. The molecule has 0 saturated carbocycles. The minimum absolute atomic E-state index is 0.0942. The van der Waals surface area contributed by atoms with E-state index >= 15 is 0 Å². The van der Waals surface area contributed by atoms with Crippen LogP contribution in [0.2, 0.25) is 0 Å². The van der Waals surface area contributed by atoms with E-state index in [0.29, 0.717) is 0 Å². The van der Waals surface area contributed by atoms with Gasteiger partial charge in [-0.3, -0.25) is 4.68 Å². The van der Waals surface area contributed by atoms with Gasteiger partial charge in [-0.15, -0.1) is 5.10 Å². The Hall–Kier alpha value is -0.790. The highest BCUT2D eigenvalue weighted by Crippen LogP contribution is 2.32. The van der Waals surface area contributed by atoms with Gasteiger partial charge in [-0.25, -0.2) is 0 Å². The van der Waals surface area contributed by atoms with Gasteiger partial charge in [0.15, 0.2) is 0 Å². The predicted molar refractivity (Wildman–Crippen MR) is 80.4 cm³/mol. The van der Waals surface area contributed by atoms with Crippen LogP contribution in [-0.2, 0) is 13.0 Å². The summed E-state index contributed by atoms with van der Waals surface area (Å²) in [6.07, 6.45) is 2.74. The van der Waals surface area contributed by atoms with Crippen molar-refractivity contribution >= 4 is 27.5 Å². The van der Waals surface area contributed by atoms with E-state index in [2.05, 4.69) is 56.7 Å². The van der Waals surface area contributed by atoms with Crippen molar-refractivity contribution in [3.63, 3.8) is 0 Å². The van der Waals surface area contributed by atoms with E-state index in [1.165, 1.54) is 16.4 Å². The van der Waals surface area contributed by atoms with E-state index in [9.17, 15) is 0 Å². The highest BCUT2D eigenvalue weighted by atomic mass is 79.9. The van der Waals surface area contributed by atoms with Crippen molar-refractivity contribution in [3.05, 3.63) is 26.9 Å². The smallest absolute Gasteiger partial charge is 0.0888 e. The zero-order valence-corrected chi connectivity index (χ0v) is 13.8. The van der Waals surface area contributed by atoms with E-state index in [1.54, 1.807) is 0 Å². The normalized spacial score (nSPS) is 12.8. The van der Waals surface area contributed by atoms with Crippen LogP contribution in [-0.4, -0.2) is 25.9 Å². The zero-order valence-electron chi connectivity index (χ0n) is 11.4. The molecule has 2 aromatic heterocycles. The maximum absolute atomic E-state index is 4.40. The lowest BCUT2D eigenvalue weighted by Crippen LogP contribution is -2.25. The van der Waals surface area contributed by atoms with Gasteiger partial charge in [-0.2, -0.15) is 5.10 Å². The van der Waals surface area contributed by atoms with Crippen molar-refractivity contribution in [1.29, 1.82) is 0 Å². The first kappa shape index (κ1) is 14.6. The molecule has 1 unspecified atom stereocenters. The molecule has 0 amide bonds. The molecule has 0 aliphatic carbocycles. The number of halogens is 1. The number of aromatic nitrogens is 4. The molecule has 2 heterocycles. The van der Waals surface area contributed by atoms with Crippen LogP contribution >= 0.6 is 27.5 Å². The highest BCUT2D eigenvalue weighted by molar-refractivity contribution is 9.10. The second kappa shape index (κ2) is 6.58. The summed E-state index contributed by atoms with van der Waals surface area (Å²) >= 11 is 5.06. The lowest BCUT2D eigenvalue weighted by atomic mass is 10.1. The molecule has 0 saturated heterocycles. The molecule has 0 aromatic carbocycles. The third-order valence-electron chi connectivity index (χ3n) is 3.00. The van der Waals surface area contributed by atoms with E-state index in [0.717, 1.165) is 35.4 Å². The Balaban J connectivity index is 2.48. The van der Waals surface area contributed by atoms with E-state index < -0.39 is 0 Å². The number of rotatable bonds is 6. The van der Waals surface area contributed by atoms with Crippen LogP contribution in [0.1, 0.15) is 43.1 Å². The Bertz CT molecular complexity index is 536. The van der Waals surface area contributed by atoms with Crippen molar-refractivity contribution in [2.24, 2.45) is 0 Å². The second-order valence-electron chi connectivity index (χ2n) is 4.12.